The van der Waals surface area contributed by atoms with Crippen molar-refractivity contribution < 1.29 is 19.4 Å². The van der Waals surface area contributed by atoms with Crippen LogP contribution in [0, 0.1) is 0 Å². The molecule has 0 N–H and O–H groups in total. The first-order valence-corrected chi connectivity index (χ1v) is 17.2. The number of carbonyl (C=O) groups is 2. The van der Waals surface area contributed by atoms with Crippen LogP contribution in [0.25, 0.3) is 0 Å². The number of carbonyl (C=O) groups excluding carboxylic acids is 2. The fraction of sp³-hybridized carbons (Fsp3) is 0.632. The molecular weight excluding hydrogens is 520 g/mol. The van der Waals surface area contributed by atoms with E-state index in [1.807, 2.05) is 12.1 Å². The molecule has 2 aromatic rings. The van der Waals surface area contributed by atoms with Crippen molar-refractivity contribution in [1.29, 1.82) is 0 Å². The fourth-order valence-corrected chi connectivity index (χ4v) is 5.84. The summed E-state index contributed by atoms with van der Waals surface area (Å²) in [7, 11) is 0. The Labute approximate surface area is 256 Å². The zero-order chi connectivity index (χ0) is 30.7. The molecule has 0 aliphatic heterocycles. The molecular formula is C38H58O4. The molecule has 0 aliphatic carbocycles. The number of unbranched alkanes of at least 4 members (excludes halogenated alkanes) is 6. The maximum Gasteiger partial charge on any atom is 0.386 e. The molecule has 0 bridgehead atoms. The lowest BCUT2D eigenvalue weighted by atomic mass is 9.87. The summed E-state index contributed by atoms with van der Waals surface area (Å²) in [6, 6.07) is 7.96. The zero-order valence-corrected chi connectivity index (χ0v) is 27.7. The van der Waals surface area contributed by atoms with Gasteiger partial charge in [0.1, 0.15) is 0 Å². The molecule has 0 amide bonds. The molecule has 0 saturated heterocycles. The smallest absolute Gasteiger partial charge is 0.241 e. The third kappa shape index (κ3) is 10.6. The highest BCUT2D eigenvalue weighted by Crippen LogP contribution is 2.28. The van der Waals surface area contributed by atoms with Crippen molar-refractivity contribution in [3.8, 4) is 0 Å². The largest absolute Gasteiger partial charge is 0.386 e. The lowest BCUT2D eigenvalue weighted by Gasteiger charge is -2.19. The van der Waals surface area contributed by atoms with Gasteiger partial charge < -0.3 is 0 Å². The topological polar surface area (TPSA) is 52.6 Å². The number of hydrogen-bond donors (Lipinski definition) is 0. The molecule has 4 heteroatoms. The average molecular weight is 579 g/mol. The fourth-order valence-electron chi connectivity index (χ4n) is 5.84. The van der Waals surface area contributed by atoms with Crippen molar-refractivity contribution in [2.75, 3.05) is 0 Å². The quantitative estimate of drug-likeness (QED) is 0.116. The highest BCUT2D eigenvalue weighted by atomic mass is 17.2. The van der Waals surface area contributed by atoms with Gasteiger partial charge in [0.15, 0.2) is 0 Å². The van der Waals surface area contributed by atoms with E-state index < -0.39 is 11.9 Å². The van der Waals surface area contributed by atoms with Gasteiger partial charge in [-0.2, -0.15) is 0 Å². The average Bonchev–Trinajstić information content (AvgIpc) is 3.01. The molecule has 0 spiro atoms. The van der Waals surface area contributed by atoms with Crippen LogP contribution in [0.5, 0.6) is 0 Å². The van der Waals surface area contributed by atoms with Crippen LogP contribution >= 0.6 is 0 Å². The first-order chi connectivity index (χ1) is 20.5. The summed E-state index contributed by atoms with van der Waals surface area (Å²) < 4.78 is 0. The van der Waals surface area contributed by atoms with E-state index in [9.17, 15) is 9.59 Å². The van der Waals surface area contributed by atoms with E-state index in [-0.39, 0.29) is 0 Å². The maximum absolute atomic E-state index is 13.5. The Morgan fingerprint density at radius 3 is 1.02 bits per heavy atom. The maximum atomic E-state index is 13.5. The van der Waals surface area contributed by atoms with Crippen LogP contribution in [-0.2, 0) is 48.3 Å². The van der Waals surface area contributed by atoms with Crippen molar-refractivity contribution in [2.24, 2.45) is 0 Å². The number of hydrogen-bond acceptors (Lipinski definition) is 4. The van der Waals surface area contributed by atoms with Gasteiger partial charge in [-0.3, -0.25) is 0 Å². The molecule has 0 heterocycles. The summed E-state index contributed by atoms with van der Waals surface area (Å²) in [6.07, 6.45) is 18.6. The van der Waals surface area contributed by atoms with Crippen molar-refractivity contribution in [3.05, 3.63) is 68.8 Å². The number of benzene rings is 2. The van der Waals surface area contributed by atoms with E-state index in [2.05, 4.69) is 53.7 Å². The van der Waals surface area contributed by atoms with Crippen LogP contribution < -0.4 is 0 Å². The summed E-state index contributed by atoms with van der Waals surface area (Å²) in [5, 5.41) is 0. The first-order valence-electron chi connectivity index (χ1n) is 17.2. The minimum absolute atomic E-state index is 0.535. The predicted molar refractivity (Wildman–Crippen MR) is 175 cm³/mol. The third-order valence-corrected chi connectivity index (χ3v) is 8.41. The van der Waals surface area contributed by atoms with E-state index in [1.54, 1.807) is 0 Å². The molecule has 42 heavy (non-hydrogen) atoms. The molecule has 0 aromatic heterocycles. The Morgan fingerprint density at radius 1 is 0.429 bits per heavy atom. The summed E-state index contributed by atoms with van der Waals surface area (Å²) in [4.78, 5) is 37.6. The zero-order valence-electron chi connectivity index (χ0n) is 27.7. The monoisotopic (exact) mass is 578 g/mol. The lowest BCUT2D eigenvalue weighted by molar-refractivity contribution is -0.187. The summed E-state index contributed by atoms with van der Waals surface area (Å²) in [6.45, 7) is 13.2. The lowest BCUT2D eigenvalue weighted by Crippen LogP contribution is -2.17. The molecule has 234 valence electrons. The SMILES string of the molecule is CCCCc1ccc(C(=O)OOC(=O)c2ccc(CCCC)c(CCCC)c2CCCC)c(CCCC)c1CCCC. The molecule has 0 fully saturated rings. The van der Waals surface area contributed by atoms with Crippen LogP contribution in [0.15, 0.2) is 24.3 Å². The molecule has 0 unspecified atom stereocenters. The van der Waals surface area contributed by atoms with Gasteiger partial charge >= 0.3 is 11.9 Å². The van der Waals surface area contributed by atoms with E-state index in [1.165, 1.54) is 22.3 Å². The van der Waals surface area contributed by atoms with E-state index in [0.717, 1.165) is 127 Å². The van der Waals surface area contributed by atoms with Gasteiger partial charge in [-0.25, -0.2) is 19.4 Å². The minimum Gasteiger partial charge on any atom is -0.241 e. The van der Waals surface area contributed by atoms with Gasteiger partial charge in [0, 0.05) is 0 Å². The van der Waals surface area contributed by atoms with Crippen LogP contribution in [-0.4, -0.2) is 11.9 Å². The minimum atomic E-state index is -0.574. The Balaban J connectivity index is 2.39. The van der Waals surface area contributed by atoms with Gasteiger partial charge in [0.05, 0.1) is 11.1 Å². The molecule has 4 nitrogen and oxygen atoms in total. The van der Waals surface area contributed by atoms with Crippen molar-refractivity contribution in [2.45, 2.75) is 157 Å². The van der Waals surface area contributed by atoms with Gasteiger partial charge in [-0.05, 0) is 123 Å². The molecule has 0 saturated carbocycles. The second-order valence-electron chi connectivity index (χ2n) is 11.8. The highest BCUT2D eigenvalue weighted by Gasteiger charge is 2.24. The van der Waals surface area contributed by atoms with Crippen molar-refractivity contribution in [3.63, 3.8) is 0 Å². The Morgan fingerprint density at radius 2 is 0.714 bits per heavy atom. The summed E-state index contributed by atoms with van der Waals surface area (Å²) >= 11 is 0. The Hall–Kier alpha value is -2.62. The van der Waals surface area contributed by atoms with Gasteiger partial charge in [0.2, 0.25) is 0 Å². The highest BCUT2D eigenvalue weighted by molar-refractivity contribution is 5.94. The molecule has 0 radical (unpaired) electrons. The van der Waals surface area contributed by atoms with Crippen molar-refractivity contribution >= 4 is 11.9 Å². The van der Waals surface area contributed by atoms with Crippen LogP contribution in [0.1, 0.15) is 173 Å². The summed E-state index contributed by atoms with van der Waals surface area (Å²) in [5.74, 6) is -1.15. The van der Waals surface area contributed by atoms with Crippen LogP contribution in [0.3, 0.4) is 0 Å². The van der Waals surface area contributed by atoms with E-state index >= 15 is 0 Å². The van der Waals surface area contributed by atoms with Crippen LogP contribution in [0.2, 0.25) is 0 Å². The van der Waals surface area contributed by atoms with Gasteiger partial charge in [0.25, 0.3) is 0 Å². The normalized spacial score (nSPS) is 11.1. The Kier molecular flexibility index (Phi) is 17.2. The van der Waals surface area contributed by atoms with Crippen molar-refractivity contribution in [1.82, 2.24) is 0 Å². The standard InChI is InChI=1S/C38H58O4/c1-7-13-19-29-25-27-35(33(23-17-11-5)31(29)21-15-9-3)37(39)41-42-38(40)36-28-26-30(20-14-8-2)32(22-16-10-4)34(36)24-18-12-6/h25-28H,7-24H2,1-6H3. The molecule has 2 aromatic carbocycles. The number of aryl methyl sites for hydroxylation is 2. The Bertz CT molecular complexity index is 1010. The predicted octanol–water partition coefficient (Wildman–Crippen LogP) is 10.7. The van der Waals surface area contributed by atoms with E-state index in [0.29, 0.717) is 11.1 Å². The third-order valence-electron chi connectivity index (χ3n) is 8.41. The first kappa shape index (κ1) is 35.6. The van der Waals surface area contributed by atoms with Gasteiger partial charge in [-0.15, -0.1) is 0 Å². The second kappa shape index (κ2) is 20.3. The second-order valence-corrected chi connectivity index (χ2v) is 11.8. The molecule has 0 aliphatic rings. The van der Waals surface area contributed by atoms with Crippen LogP contribution in [0.4, 0.5) is 0 Å². The van der Waals surface area contributed by atoms with Gasteiger partial charge in [-0.1, -0.05) is 92.2 Å². The molecule has 2 rings (SSSR count). The number of rotatable bonds is 20. The van der Waals surface area contributed by atoms with E-state index in [4.69, 9.17) is 9.78 Å². The summed E-state index contributed by atoms with van der Waals surface area (Å²) in [5.41, 5.74) is 8.49. The molecule has 0 atom stereocenters.